The van der Waals surface area contributed by atoms with Gasteiger partial charge >= 0.3 is 11.7 Å². The molecule has 0 bridgehead atoms. The quantitative estimate of drug-likeness (QED) is 0.770. The maximum atomic E-state index is 11.9. The van der Waals surface area contributed by atoms with Gasteiger partial charge < -0.3 is 15.8 Å². The van der Waals surface area contributed by atoms with Crippen LogP contribution in [0.25, 0.3) is 11.0 Å². The van der Waals surface area contributed by atoms with E-state index < -0.39 is 5.97 Å². The summed E-state index contributed by atoms with van der Waals surface area (Å²) in [5.41, 5.74) is 8.42. The van der Waals surface area contributed by atoms with Crippen molar-refractivity contribution < 1.29 is 9.90 Å². The Morgan fingerprint density at radius 1 is 1.50 bits per heavy atom. The highest BCUT2D eigenvalue weighted by atomic mass is 16.4. The van der Waals surface area contributed by atoms with Crippen LogP contribution in [0.3, 0.4) is 0 Å². The van der Waals surface area contributed by atoms with Crippen LogP contribution < -0.4 is 11.4 Å². The first kappa shape index (κ1) is 12.9. The van der Waals surface area contributed by atoms with E-state index in [1.165, 1.54) is 0 Å². The van der Waals surface area contributed by atoms with Crippen molar-refractivity contribution in [2.24, 2.45) is 5.73 Å². The standard InChI is InChI=1S/C14H17N3O3/c15-10(4-6-13(18)19)8-1-5-12-11(7-8)16-14(20)17(12)9-2-3-9/h1,5,7,9-10H,2-4,6,15H2,(H,16,20)(H,18,19). The Morgan fingerprint density at radius 2 is 2.25 bits per heavy atom. The molecule has 1 unspecified atom stereocenters. The maximum absolute atomic E-state index is 11.9. The summed E-state index contributed by atoms with van der Waals surface area (Å²) in [7, 11) is 0. The van der Waals surface area contributed by atoms with E-state index >= 15 is 0 Å². The molecule has 1 fully saturated rings. The summed E-state index contributed by atoms with van der Waals surface area (Å²) in [6, 6.07) is 5.61. The van der Waals surface area contributed by atoms with Crippen LogP contribution in [-0.4, -0.2) is 20.6 Å². The number of benzene rings is 1. The van der Waals surface area contributed by atoms with Gasteiger partial charge in [0.15, 0.2) is 0 Å². The van der Waals surface area contributed by atoms with Crippen molar-refractivity contribution in [1.82, 2.24) is 9.55 Å². The third-order valence-electron chi connectivity index (χ3n) is 3.75. The number of nitrogens with two attached hydrogens (primary N) is 1. The summed E-state index contributed by atoms with van der Waals surface area (Å²) < 4.78 is 1.79. The molecule has 0 saturated heterocycles. The molecule has 0 amide bonds. The normalized spacial score (nSPS) is 16.4. The predicted octanol–water partition coefficient (Wildman–Crippen LogP) is 1.53. The molecule has 106 valence electrons. The molecular weight excluding hydrogens is 258 g/mol. The summed E-state index contributed by atoms with van der Waals surface area (Å²) in [6.45, 7) is 0. The van der Waals surface area contributed by atoms with Crippen molar-refractivity contribution >= 4 is 17.0 Å². The summed E-state index contributed by atoms with van der Waals surface area (Å²) in [5, 5.41) is 8.68. The van der Waals surface area contributed by atoms with Crippen molar-refractivity contribution in [2.45, 2.75) is 37.8 Å². The number of imidazole rings is 1. The lowest BCUT2D eigenvalue weighted by Crippen LogP contribution is -2.14. The summed E-state index contributed by atoms with van der Waals surface area (Å²) in [6.07, 6.45) is 2.52. The van der Waals surface area contributed by atoms with Crippen LogP contribution in [0.1, 0.15) is 43.3 Å². The molecule has 1 aromatic heterocycles. The molecular formula is C14H17N3O3. The number of carbonyl (C=O) groups is 1. The molecule has 6 nitrogen and oxygen atoms in total. The van der Waals surface area contributed by atoms with Gasteiger partial charge in [0.1, 0.15) is 0 Å². The molecule has 4 N–H and O–H groups in total. The smallest absolute Gasteiger partial charge is 0.326 e. The van der Waals surface area contributed by atoms with E-state index in [1.54, 1.807) is 4.57 Å². The van der Waals surface area contributed by atoms with Gasteiger partial charge in [-0.15, -0.1) is 0 Å². The average Bonchev–Trinajstić information content (AvgIpc) is 3.17. The Labute approximate surface area is 115 Å². The Bertz CT molecular complexity index is 712. The lowest BCUT2D eigenvalue weighted by Gasteiger charge is -2.10. The molecule has 6 heteroatoms. The highest BCUT2D eigenvalue weighted by molar-refractivity contribution is 5.76. The van der Waals surface area contributed by atoms with Crippen LogP contribution in [0.15, 0.2) is 23.0 Å². The second kappa shape index (κ2) is 4.79. The van der Waals surface area contributed by atoms with E-state index in [0.717, 1.165) is 29.4 Å². The number of rotatable bonds is 5. The van der Waals surface area contributed by atoms with E-state index in [-0.39, 0.29) is 18.2 Å². The van der Waals surface area contributed by atoms with Gasteiger partial charge in [0, 0.05) is 18.5 Å². The van der Waals surface area contributed by atoms with Crippen LogP contribution in [0.5, 0.6) is 0 Å². The topological polar surface area (TPSA) is 101 Å². The van der Waals surface area contributed by atoms with Gasteiger partial charge in [-0.1, -0.05) is 6.07 Å². The highest BCUT2D eigenvalue weighted by Gasteiger charge is 2.27. The van der Waals surface area contributed by atoms with E-state index in [0.29, 0.717) is 12.5 Å². The fourth-order valence-corrected chi connectivity index (χ4v) is 2.52. The average molecular weight is 275 g/mol. The predicted molar refractivity (Wildman–Crippen MR) is 74.6 cm³/mol. The molecule has 1 saturated carbocycles. The van der Waals surface area contributed by atoms with Gasteiger partial charge in [-0.3, -0.25) is 9.36 Å². The minimum Gasteiger partial charge on any atom is -0.481 e. The molecule has 0 radical (unpaired) electrons. The zero-order valence-corrected chi connectivity index (χ0v) is 11.0. The second-order valence-corrected chi connectivity index (χ2v) is 5.35. The van der Waals surface area contributed by atoms with E-state index in [1.807, 2.05) is 18.2 Å². The van der Waals surface area contributed by atoms with Gasteiger partial charge in [0.2, 0.25) is 0 Å². The van der Waals surface area contributed by atoms with Gasteiger partial charge in [0.25, 0.3) is 0 Å². The maximum Gasteiger partial charge on any atom is 0.326 e. The van der Waals surface area contributed by atoms with E-state index in [9.17, 15) is 9.59 Å². The van der Waals surface area contributed by atoms with Crippen LogP contribution in [-0.2, 0) is 4.79 Å². The number of fused-ring (bicyclic) bond motifs is 1. The number of nitrogens with one attached hydrogen (secondary N) is 1. The first-order valence-corrected chi connectivity index (χ1v) is 6.78. The molecule has 3 rings (SSSR count). The highest BCUT2D eigenvalue weighted by Crippen LogP contribution is 2.36. The number of nitrogens with zero attached hydrogens (tertiary/aromatic N) is 1. The zero-order chi connectivity index (χ0) is 14.3. The van der Waals surface area contributed by atoms with Gasteiger partial charge in [-0.2, -0.15) is 0 Å². The Balaban J connectivity index is 1.91. The zero-order valence-electron chi connectivity index (χ0n) is 11.0. The fraction of sp³-hybridized carbons (Fsp3) is 0.429. The second-order valence-electron chi connectivity index (χ2n) is 5.35. The number of carboxylic acids is 1. The molecule has 0 spiro atoms. The van der Waals surface area contributed by atoms with Crippen molar-refractivity contribution in [3.8, 4) is 0 Å². The number of aromatic amines is 1. The third-order valence-corrected chi connectivity index (χ3v) is 3.75. The third kappa shape index (κ3) is 2.34. The number of hydrogen-bond donors (Lipinski definition) is 3. The molecule has 1 heterocycles. The van der Waals surface area contributed by atoms with Crippen molar-refractivity contribution in [1.29, 1.82) is 0 Å². The van der Waals surface area contributed by atoms with Crippen LogP contribution in [0, 0.1) is 0 Å². The summed E-state index contributed by atoms with van der Waals surface area (Å²) in [4.78, 5) is 25.3. The molecule has 1 aliphatic rings. The fourth-order valence-electron chi connectivity index (χ4n) is 2.52. The lowest BCUT2D eigenvalue weighted by molar-refractivity contribution is -0.137. The number of hydrogen-bond acceptors (Lipinski definition) is 3. The van der Waals surface area contributed by atoms with Gasteiger partial charge in [0.05, 0.1) is 11.0 Å². The largest absolute Gasteiger partial charge is 0.481 e. The number of H-pyrrole nitrogens is 1. The molecule has 2 aromatic rings. The lowest BCUT2D eigenvalue weighted by atomic mass is 10.0. The first-order valence-electron chi connectivity index (χ1n) is 6.78. The van der Waals surface area contributed by atoms with Crippen molar-refractivity contribution in [3.63, 3.8) is 0 Å². The SMILES string of the molecule is NC(CCC(=O)O)c1ccc2c(c1)[nH]c(=O)n2C1CC1. The minimum absolute atomic E-state index is 0.0405. The monoisotopic (exact) mass is 275 g/mol. The number of aromatic nitrogens is 2. The Kier molecular flexibility index (Phi) is 3.10. The van der Waals surface area contributed by atoms with Gasteiger partial charge in [-0.05, 0) is 37.0 Å². The molecule has 20 heavy (non-hydrogen) atoms. The molecule has 1 aliphatic carbocycles. The van der Waals surface area contributed by atoms with Crippen LogP contribution >= 0.6 is 0 Å². The van der Waals surface area contributed by atoms with Crippen molar-refractivity contribution in [2.75, 3.05) is 0 Å². The van der Waals surface area contributed by atoms with Crippen LogP contribution in [0.4, 0.5) is 0 Å². The number of aliphatic carboxylic acids is 1. The molecule has 1 aromatic carbocycles. The van der Waals surface area contributed by atoms with E-state index in [4.69, 9.17) is 10.8 Å². The van der Waals surface area contributed by atoms with Crippen molar-refractivity contribution in [3.05, 3.63) is 34.2 Å². The molecule has 1 atom stereocenters. The van der Waals surface area contributed by atoms with Gasteiger partial charge in [-0.25, -0.2) is 4.79 Å². The van der Waals surface area contributed by atoms with Crippen LogP contribution in [0.2, 0.25) is 0 Å². The van der Waals surface area contributed by atoms with E-state index in [2.05, 4.69) is 4.98 Å². The minimum atomic E-state index is -0.852. The summed E-state index contributed by atoms with van der Waals surface area (Å²) >= 11 is 0. The summed E-state index contributed by atoms with van der Waals surface area (Å²) in [5.74, 6) is -0.852. The number of carboxylic acid groups (broad SMARTS) is 1. The Hall–Kier alpha value is -2.08. The first-order chi connectivity index (χ1) is 9.56. The molecule has 0 aliphatic heterocycles. The Morgan fingerprint density at radius 3 is 2.90 bits per heavy atom.